The van der Waals surface area contributed by atoms with Crippen molar-refractivity contribution in [1.82, 2.24) is 0 Å². The normalized spacial score (nSPS) is 16.3. The maximum atomic E-state index is 2.59. The van der Waals surface area contributed by atoms with Gasteiger partial charge in [-0.1, -0.05) is 185 Å². The Labute approximate surface area is 321 Å². The molecule has 0 saturated carbocycles. The van der Waals surface area contributed by atoms with Crippen LogP contribution in [0.3, 0.4) is 0 Å². The summed E-state index contributed by atoms with van der Waals surface area (Å²) in [5, 5.41) is 6.31. The first-order valence-corrected chi connectivity index (χ1v) is 22.2. The molecule has 52 heavy (non-hydrogen) atoms. The van der Waals surface area contributed by atoms with Gasteiger partial charge in [-0.05, 0) is 90.1 Å². The van der Waals surface area contributed by atoms with Crippen LogP contribution in [-0.4, -0.2) is 10.1 Å². The summed E-state index contributed by atoms with van der Waals surface area (Å²) in [6, 6.07) is 33.5. The summed E-state index contributed by atoms with van der Waals surface area (Å²) in [5.74, 6) is 0. The zero-order valence-corrected chi connectivity index (χ0v) is 37.8. The van der Waals surface area contributed by atoms with Crippen LogP contribution in [0.25, 0.3) is 0 Å². The fraction of sp³-hybridized carbons (Fsp3) is 0.480. The minimum absolute atomic E-state index is 0.0315. The summed E-state index contributed by atoms with van der Waals surface area (Å²) < 4.78 is 0. The second-order valence-electron chi connectivity index (χ2n) is 21.4. The Morgan fingerprint density at radius 2 is 0.538 bits per heavy atom. The number of rotatable bonds is 4. The second kappa shape index (κ2) is 13.5. The van der Waals surface area contributed by atoms with E-state index in [0.29, 0.717) is 0 Å². The lowest BCUT2D eigenvalue weighted by Crippen LogP contribution is -2.33. The molecule has 0 fully saturated rings. The van der Waals surface area contributed by atoms with Crippen LogP contribution >= 0.6 is 15.1 Å². The highest BCUT2D eigenvalue weighted by atomic mass is 31.2. The molecule has 0 N–H and O–H groups in total. The van der Waals surface area contributed by atoms with Crippen LogP contribution in [-0.2, 0) is 32.5 Å². The third kappa shape index (κ3) is 7.87. The van der Waals surface area contributed by atoms with Gasteiger partial charge in [0.05, 0.1) is 11.1 Å². The molecule has 0 amide bonds. The Morgan fingerprint density at radius 3 is 0.731 bits per heavy atom. The third-order valence-corrected chi connectivity index (χ3v) is 17.2. The first-order valence-electron chi connectivity index (χ1n) is 19.5. The Kier molecular flexibility index (Phi) is 10.5. The summed E-state index contributed by atoms with van der Waals surface area (Å²) in [5.41, 5.74) is 11.9. The monoisotopic (exact) mass is 730 g/mol. The number of hydrogen-bond acceptors (Lipinski definition) is 0. The van der Waals surface area contributed by atoms with Crippen LogP contribution in [0.5, 0.6) is 0 Å². The molecule has 0 unspecified atom stereocenters. The topological polar surface area (TPSA) is 0 Å². The predicted octanol–water partition coefficient (Wildman–Crippen LogP) is 13.8. The molecule has 4 aromatic rings. The van der Waals surface area contributed by atoms with Gasteiger partial charge in [0.25, 0.3) is 15.1 Å². The van der Waals surface area contributed by atoms with Gasteiger partial charge >= 0.3 is 10.1 Å². The summed E-state index contributed by atoms with van der Waals surface area (Å²) in [4.78, 5) is 0. The van der Waals surface area contributed by atoms with E-state index >= 15 is 0 Å². The highest BCUT2D eigenvalue weighted by molar-refractivity contribution is 8.18. The lowest BCUT2D eigenvalue weighted by atomic mass is 9.72. The van der Waals surface area contributed by atoms with Crippen molar-refractivity contribution < 1.29 is 0 Å². The summed E-state index contributed by atoms with van der Waals surface area (Å²) >= 11 is 0. The lowest BCUT2D eigenvalue weighted by molar-refractivity contribution is 0.546. The first-order chi connectivity index (χ1) is 23.6. The standard InChI is InChI=1S/C50H68P2/c1-45(2,3)33-29-37(47(7,8)9)41(38(30-33)48(10,11)12)43-51(35-25-21-19-22-26-35)44(52(43)36-27-23-20-24-28-36)42-39(49(13,14)15)31-34(46(4,5)6)32-40(42)50(16,17)18/h19-32H,1-18H3/q+2. The second-order valence-corrected chi connectivity index (χ2v) is 26.3. The molecule has 276 valence electrons. The van der Waals surface area contributed by atoms with Gasteiger partial charge in [0.2, 0.25) is 0 Å². The Bertz CT molecular complexity index is 1800. The van der Waals surface area contributed by atoms with Gasteiger partial charge in [0, 0.05) is 0 Å². The van der Waals surface area contributed by atoms with Crippen molar-refractivity contribution in [2.45, 2.75) is 157 Å². The molecule has 2 heteroatoms. The van der Waals surface area contributed by atoms with E-state index in [0.717, 1.165) is 0 Å². The van der Waals surface area contributed by atoms with Crippen LogP contribution in [0.2, 0.25) is 0 Å². The van der Waals surface area contributed by atoms with Crippen molar-refractivity contribution >= 4 is 35.8 Å². The molecule has 0 aromatic heterocycles. The molecule has 0 nitrogen and oxygen atoms in total. The number of hydrogen-bond donors (Lipinski definition) is 0. The summed E-state index contributed by atoms with van der Waals surface area (Å²) in [6.45, 7) is 43.5. The maximum absolute atomic E-state index is 2.59. The summed E-state index contributed by atoms with van der Waals surface area (Å²) in [7, 11) is -1.60. The number of benzene rings is 4. The summed E-state index contributed by atoms with van der Waals surface area (Å²) in [6.07, 6.45) is 0. The van der Waals surface area contributed by atoms with E-state index in [1.54, 1.807) is 21.2 Å². The molecule has 1 aliphatic rings. The van der Waals surface area contributed by atoms with Crippen molar-refractivity contribution in [2.24, 2.45) is 0 Å². The van der Waals surface area contributed by atoms with Gasteiger partial charge in [-0.15, -0.1) is 0 Å². The quantitative estimate of drug-likeness (QED) is 0.183. The van der Waals surface area contributed by atoms with Crippen molar-refractivity contribution in [1.29, 1.82) is 0 Å². The molecular formula is C50H68P2+2. The molecular weight excluding hydrogens is 662 g/mol. The molecule has 0 atom stereocenters. The van der Waals surface area contributed by atoms with Gasteiger partial charge in [-0.25, -0.2) is 0 Å². The fourth-order valence-electron chi connectivity index (χ4n) is 7.44. The van der Waals surface area contributed by atoms with E-state index in [-0.39, 0.29) is 32.5 Å². The van der Waals surface area contributed by atoms with Crippen molar-refractivity contribution in [3.8, 4) is 0 Å². The maximum Gasteiger partial charge on any atom is 0.340 e. The lowest BCUT2D eigenvalue weighted by Gasteiger charge is -2.34. The molecule has 0 aliphatic carbocycles. The molecule has 1 aliphatic heterocycles. The molecule has 5 rings (SSSR count). The smallest absolute Gasteiger partial charge is 0.0619 e. The minimum Gasteiger partial charge on any atom is -0.0619 e. The molecule has 0 radical (unpaired) electrons. The highest BCUT2D eigenvalue weighted by Gasteiger charge is 2.60. The Morgan fingerprint density at radius 1 is 0.308 bits per heavy atom. The van der Waals surface area contributed by atoms with E-state index in [2.05, 4.69) is 210 Å². The van der Waals surface area contributed by atoms with Gasteiger partial charge in [0.15, 0.2) is 10.6 Å². The SMILES string of the molecule is CC(C)(C)c1cc(C(C)(C)C)c(C2=[P+](c3ccccc3)C(c3c(C(C)(C)C)cc(C(C)(C)C)cc3C(C)(C)C)=[P+]2c2ccccc2)c(C(C)(C)C)c1. The van der Waals surface area contributed by atoms with Gasteiger partial charge < -0.3 is 0 Å². The third-order valence-electron chi connectivity index (χ3n) is 10.6. The van der Waals surface area contributed by atoms with Crippen LogP contribution in [0.4, 0.5) is 0 Å². The van der Waals surface area contributed by atoms with Crippen molar-refractivity contribution in [3.63, 3.8) is 0 Å². The van der Waals surface area contributed by atoms with Crippen molar-refractivity contribution in [3.05, 3.63) is 129 Å². The Balaban J connectivity index is 2.11. The zero-order chi connectivity index (χ0) is 39.0. The molecule has 0 saturated heterocycles. The van der Waals surface area contributed by atoms with Gasteiger partial charge in [-0.2, -0.15) is 0 Å². The van der Waals surface area contributed by atoms with Crippen LogP contribution < -0.4 is 10.6 Å². The highest BCUT2D eigenvalue weighted by Crippen LogP contribution is 2.61. The molecule has 0 bridgehead atoms. The van der Waals surface area contributed by atoms with E-state index < -0.39 is 15.1 Å². The van der Waals surface area contributed by atoms with E-state index in [9.17, 15) is 0 Å². The van der Waals surface area contributed by atoms with E-state index in [1.165, 1.54) is 44.0 Å². The fourth-order valence-corrected chi connectivity index (χ4v) is 15.1. The average Bonchev–Trinajstić information content (AvgIpc) is 2.98. The van der Waals surface area contributed by atoms with Gasteiger partial charge in [-0.3, -0.25) is 0 Å². The van der Waals surface area contributed by atoms with E-state index in [4.69, 9.17) is 0 Å². The van der Waals surface area contributed by atoms with Crippen molar-refractivity contribution in [2.75, 3.05) is 0 Å². The molecule has 4 aromatic carbocycles. The van der Waals surface area contributed by atoms with Crippen LogP contribution in [0, 0.1) is 0 Å². The predicted molar refractivity (Wildman–Crippen MR) is 239 cm³/mol. The zero-order valence-electron chi connectivity index (χ0n) is 36.0. The Hall–Kier alpha value is -2.78. The molecule has 1 heterocycles. The largest absolute Gasteiger partial charge is 0.340 e. The average molecular weight is 731 g/mol. The van der Waals surface area contributed by atoms with Crippen LogP contribution in [0.1, 0.15) is 169 Å². The minimum atomic E-state index is -0.802. The van der Waals surface area contributed by atoms with Gasteiger partial charge in [0.1, 0.15) is 0 Å². The van der Waals surface area contributed by atoms with E-state index in [1.807, 2.05) is 0 Å². The molecule has 0 spiro atoms. The van der Waals surface area contributed by atoms with Crippen LogP contribution in [0.15, 0.2) is 84.9 Å². The first kappa shape index (κ1) is 40.4.